The van der Waals surface area contributed by atoms with Crippen LogP contribution in [0.3, 0.4) is 0 Å². The van der Waals surface area contributed by atoms with Crippen molar-refractivity contribution in [2.75, 3.05) is 33.1 Å². The highest BCUT2D eigenvalue weighted by molar-refractivity contribution is 6.10. The van der Waals surface area contributed by atoms with Crippen molar-refractivity contribution in [3.63, 3.8) is 0 Å². The van der Waals surface area contributed by atoms with Gasteiger partial charge < -0.3 is 20.1 Å². The van der Waals surface area contributed by atoms with E-state index in [1.54, 1.807) is 36.0 Å². The van der Waals surface area contributed by atoms with Gasteiger partial charge in [-0.1, -0.05) is 17.9 Å². The van der Waals surface area contributed by atoms with Crippen LogP contribution < -0.4 is 10.5 Å². The van der Waals surface area contributed by atoms with Gasteiger partial charge in [0.05, 0.1) is 28.7 Å². The van der Waals surface area contributed by atoms with Gasteiger partial charge in [0.2, 0.25) is 0 Å². The van der Waals surface area contributed by atoms with Gasteiger partial charge >= 0.3 is 0 Å². The number of ether oxygens (including phenoxy) is 2. The molecule has 1 unspecified atom stereocenters. The highest BCUT2D eigenvalue weighted by Crippen LogP contribution is 2.37. The number of rotatable bonds is 3. The lowest BCUT2D eigenvalue weighted by atomic mass is 10.0. The molecule has 4 aromatic rings. The summed E-state index contributed by atoms with van der Waals surface area (Å²) in [5, 5.41) is 5.91. The third-order valence-electron chi connectivity index (χ3n) is 5.96. The number of pyridine rings is 1. The minimum absolute atomic E-state index is 0.102. The summed E-state index contributed by atoms with van der Waals surface area (Å²) in [5.41, 5.74) is 10.0. The number of aromatic nitrogens is 3. The maximum atomic E-state index is 13.4. The third kappa shape index (κ3) is 3.52. The summed E-state index contributed by atoms with van der Waals surface area (Å²) in [7, 11) is 5.25. The number of nitrogen functional groups attached to an aromatic ring is 1. The van der Waals surface area contributed by atoms with Crippen LogP contribution in [0.15, 0.2) is 42.6 Å². The molecule has 0 aliphatic carbocycles. The van der Waals surface area contributed by atoms with Gasteiger partial charge in [-0.05, 0) is 30.3 Å². The number of carbonyl (C=O) groups is 1. The van der Waals surface area contributed by atoms with Crippen LogP contribution in [0.25, 0.3) is 21.8 Å². The molecule has 0 saturated carbocycles. The Morgan fingerprint density at radius 2 is 2.15 bits per heavy atom. The highest BCUT2D eigenvalue weighted by atomic mass is 16.5. The molecule has 2 aromatic heterocycles. The van der Waals surface area contributed by atoms with Crippen LogP contribution in [0, 0.1) is 11.8 Å². The molecule has 166 valence electrons. The number of amides is 1. The standard InChI is InChI=1S/C25H23N5O3/c1-29(21-14-33-22-11-15(5-4-10-32-3)6-8-17(21)22)25(31)16-7-9-20-18(12-16)23-19(24(26)28-20)13-27-30(23)2/h6-9,11-13,21H,10,14H2,1-3H3,(H2,26,28). The molecule has 1 aliphatic heterocycles. The van der Waals surface area contributed by atoms with Crippen molar-refractivity contribution in [2.45, 2.75) is 6.04 Å². The van der Waals surface area contributed by atoms with Gasteiger partial charge in [-0.15, -0.1) is 0 Å². The monoisotopic (exact) mass is 441 g/mol. The van der Waals surface area contributed by atoms with Gasteiger partial charge in [-0.25, -0.2) is 4.98 Å². The first-order chi connectivity index (χ1) is 16.0. The molecule has 0 radical (unpaired) electrons. The zero-order chi connectivity index (χ0) is 23.1. The number of nitrogens with two attached hydrogens (primary N) is 1. The summed E-state index contributed by atoms with van der Waals surface area (Å²) < 4.78 is 12.6. The van der Waals surface area contributed by atoms with Crippen LogP contribution in [0.5, 0.6) is 5.75 Å². The van der Waals surface area contributed by atoms with E-state index in [-0.39, 0.29) is 11.9 Å². The first kappa shape index (κ1) is 20.8. The second-order valence-corrected chi connectivity index (χ2v) is 7.99. The molecule has 2 N–H and O–H groups in total. The number of methoxy groups -OCH3 is 1. The van der Waals surface area contributed by atoms with Gasteiger partial charge in [0.1, 0.15) is 24.8 Å². The van der Waals surface area contributed by atoms with Crippen LogP contribution in [-0.4, -0.2) is 52.9 Å². The molecule has 8 heteroatoms. The lowest BCUT2D eigenvalue weighted by molar-refractivity contribution is 0.0708. The van der Waals surface area contributed by atoms with Crippen molar-refractivity contribution in [2.24, 2.45) is 7.05 Å². The summed E-state index contributed by atoms with van der Waals surface area (Å²) in [4.78, 5) is 19.6. The average molecular weight is 441 g/mol. The van der Waals surface area contributed by atoms with Crippen molar-refractivity contribution in [3.05, 3.63) is 59.3 Å². The molecule has 1 amide bonds. The molecule has 0 bridgehead atoms. The second kappa shape index (κ2) is 8.11. The van der Waals surface area contributed by atoms with Crippen molar-refractivity contribution in [3.8, 4) is 17.6 Å². The van der Waals surface area contributed by atoms with E-state index in [4.69, 9.17) is 15.2 Å². The molecule has 5 rings (SSSR count). The fourth-order valence-corrected chi connectivity index (χ4v) is 4.24. The Morgan fingerprint density at radius 1 is 1.30 bits per heavy atom. The molecule has 0 fully saturated rings. The molecule has 8 nitrogen and oxygen atoms in total. The molecule has 0 spiro atoms. The normalized spacial score (nSPS) is 14.6. The number of nitrogens with zero attached hydrogens (tertiary/aromatic N) is 4. The first-order valence-corrected chi connectivity index (χ1v) is 10.5. The number of aryl methyl sites for hydroxylation is 1. The summed E-state index contributed by atoms with van der Waals surface area (Å²) in [5.74, 6) is 7.06. The lowest BCUT2D eigenvalue weighted by Gasteiger charge is -2.24. The van der Waals surface area contributed by atoms with Gasteiger partial charge in [-0.3, -0.25) is 9.48 Å². The Balaban J connectivity index is 1.46. The molecule has 0 saturated heterocycles. The van der Waals surface area contributed by atoms with Gasteiger partial charge in [-0.2, -0.15) is 5.10 Å². The van der Waals surface area contributed by atoms with E-state index in [1.165, 1.54) is 0 Å². The number of anilines is 1. The minimum Gasteiger partial charge on any atom is -0.491 e. The van der Waals surface area contributed by atoms with E-state index in [2.05, 4.69) is 21.9 Å². The Bertz CT molecular complexity index is 1460. The third-order valence-corrected chi connectivity index (χ3v) is 5.96. The van der Waals surface area contributed by atoms with E-state index in [9.17, 15) is 4.79 Å². The summed E-state index contributed by atoms with van der Waals surface area (Å²) in [6.07, 6.45) is 1.69. The number of likely N-dealkylation sites (N-methyl/N-ethyl adjacent to an activating group) is 1. The van der Waals surface area contributed by atoms with Gasteiger partial charge in [0, 0.05) is 43.3 Å². The SMILES string of the molecule is COCC#Cc1ccc2c(c1)OCC2N(C)C(=O)c1ccc2nc(N)c3cnn(C)c3c2c1. The fraction of sp³-hybridized carbons (Fsp3) is 0.240. The smallest absolute Gasteiger partial charge is 0.254 e. The fourth-order valence-electron chi connectivity index (χ4n) is 4.24. The highest BCUT2D eigenvalue weighted by Gasteiger charge is 2.31. The zero-order valence-corrected chi connectivity index (χ0v) is 18.6. The minimum atomic E-state index is -0.189. The lowest BCUT2D eigenvalue weighted by Crippen LogP contribution is -2.32. The molecular formula is C25H23N5O3. The predicted octanol–water partition coefficient (Wildman–Crippen LogP) is 2.91. The molecular weight excluding hydrogens is 418 g/mol. The van der Waals surface area contributed by atoms with Crippen molar-refractivity contribution >= 4 is 33.5 Å². The summed E-state index contributed by atoms with van der Waals surface area (Å²) in [6, 6.07) is 11.1. The maximum absolute atomic E-state index is 13.4. The van der Waals surface area contributed by atoms with E-state index < -0.39 is 0 Å². The van der Waals surface area contributed by atoms with E-state index >= 15 is 0 Å². The molecule has 2 aromatic carbocycles. The van der Waals surface area contributed by atoms with Gasteiger partial charge in [0.25, 0.3) is 5.91 Å². The van der Waals surface area contributed by atoms with Crippen LogP contribution in [0.2, 0.25) is 0 Å². The predicted molar refractivity (Wildman–Crippen MR) is 126 cm³/mol. The van der Waals surface area contributed by atoms with E-state index in [0.29, 0.717) is 24.6 Å². The summed E-state index contributed by atoms with van der Waals surface area (Å²) in [6.45, 7) is 0.765. The number of hydrogen-bond donors (Lipinski definition) is 1. The number of fused-ring (bicyclic) bond motifs is 4. The average Bonchev–Trinajstić information content (AvgIpc) is 3.42. The van der Waals surface area contributed by atoms with Crippen molar-refractivity contribution in [1.29, 1.82) is 0 Å². The van der Waals surface area contributed by atoms with Gasteiger partial charge in [0.15, 0.2) is 0 Å². The Kier molecular flexibility index (Phi) is 5.11. The molecule has 1 atom stereocenters. The topological polar surface area (TPSA) is 95.5 Å². The van der Waals surface area contributed by atoms with Crippen LogP contribution in [0.4, 0.5) is 5.82 Å². The van der Waals surface area contributed by atoms with Crippen LogP contribution in [0.1, 0.15) is 27.5 Å². The molecule has 3 heterocycles. The zero-order valence-electron chi connectivity index (χ0n) is 18.6. The number of benzene rings is 2. The molecule has 1 aliphatic rings. The van der Waals surface area contributed by atoms with Crippen LogP contribution in [-0.2, 0) is 11.8 Å². The van der Waals surface area contributed by atoms with Crippen molar-refractivity contribution < 1.29 is 14.3 Å². The van der Waals surface area contributed by atoms with E-state index in [0.717, 1.165) is 38.7 Å². The Labute approximate surface area is 190 Å². The number of carbonyl (C=O) groups excluding carboxylic acids is 1. The van der Waals surface area contributed by atoms with E-state index in [1.807, 2.05) is 37.4 Å². The quantitative estimate of drug-likeness (QED) is 0.491. The second-order valence-electron chi connectivity index (χ2n) is 7.99. The Morgan fingerprint density at radius 3 is 2.97 bits per heavy atom. The number of hydrogen-bond acceptors (Lipinski definition) is 6. The first-order valence-electron chi connectivity index (χ1n) is 10.5. The van der Waals surface area contributed by atoms with Crippen LogP contribution >= 0.6 is 0 Å². The largest absolute Gasteiger partial charge is 0.491 e. The van der Waals surface area contributed by atoms with Crippen molar-refractivity contribution in [1.82, 2.24) is 19.7 Å². The maximum Gasteiger partial charge on any atom is 0.254 e. The summed E-state index contributed by atoms with van der Waals surface area (Å²) >= 11 is 0. The molecule has 33 heavy (non-hydrogen) atoms. The Hall–Kier alpha value is -4.09.